The first-order chi connectivity index (χ1) is 9.29. The molecule has 20 heavy (non-hydrogen) atoms. The van der Waals surface area contributed by atoms with Crippen LogP contribution in [0.1, 0.15) is 5.56 Å². The minimum atomic E-state index is -4.59. The quantitative estimate of drug-likeness (QED) is 0.406. The maximum Gasteiger partial charge on any atom is 0.367 e. The molecule has 0 spiro atoms. The molecule has 1 aromatic rings. The average molecular weight is 359 g/mol. The molecule has 0 saturated carbocycles. The van der Waals surface area contributed by atoms with Gasteiger partial charge in [0.1, 0.15) is 0 Å². The number of benzene rings is 1. The summed E-state index contributed by atoms with van der Waals surface area (Å²) in [4.78, 5) is 5.64. The van der Waals surface area contributed by atoms with E-state index in [1.807, 2.05) is 0 Å². The molecular formula is C12H11BrF4O3. The molecule has 0 aliphatic rings. The largest absolute Gasteiger partial charge is 0.455 e. The number of carbonyl (C=O) groups is 1. The van der Waals surface area contributed by atoms with Crippen molar-refractivity contribution >= 4 is 22.4 Å². The normalized spacial score (nSPS) is 13.8. The van der Waals surface area contributed by atoms with Crippen LogP contribution in [0.5, 0.6) is 0 Å². The van der Waals surface area contributed by atoms with Crippen molar-refractivity contribution in [2.45, 2.75) is 23.5 Å². The number of rotatable bonds is 8. The third kappa shape index (κ3) is 4.45. The molecule has 8 heteroatoms. The molecule has 0 bridgehead atoms. The van der Waals surface area contributed by atoms with E-state index in [2.05, 4.69) is 4.74 Å². The van der Waals surface area contributed by atoms with Crippen LogP contribution in [0.3, 0.4) is 0 Å². The molecule has 0 aromatic heterocycles. The summed E-state index contributed by atoms with van der Waals surface area (Å²) in [6, 6.07) is 8.51. The maximum atomic E-state index is 13.3. The van der Waals surface area contributed by atoms with Gasteiger partial charge in [0.25, 0.3) is 6.47 Å². The Morgan fingerprint density at radius 3 is 2.30 bits per heavy atom. The third-order valence-electron chi connectivity index (χ3n) is 2.38. The van der Waals surface area contributed by atoms with Crippen molar-refractivity contribution in [2.75, 3.05) is 6.61 Å². The van der Waals surface area contributed by atoms with Gasteiger partial charge in [-0.2, -0.15) is 17.6 Å². The fraction of sp³-hybridized carbons (Fsp3) is 0.417. The van der Waals surface area contributed by atoms with Gasteiger partial charge < -0.3 is 9.47 Å². The Hall–Kier alpha value is -1.15. The summed E-state index contributed by atoms with van der Waals surface area (Å²) in [5.41, 5.74) is 0.672. The topological polar surface area (TPSA) is 35.5 Å². The predicted molar refractivity (Wildman–Crippen MR) is 65.9 cm³/mol. The van der Waals surface area contributed by atoms with E-state index >= 15 is 0 Å². The van der Waals surface area contributed by atoms with Crippen molar-refractivity contribution in [1.29, 1.82) is 0 Å². The Balaban J connectivity index is 2.62. The zero-order valence-electron chi connectivity index (χ0n) is 10.1. The van der Waals surface area contributed by atoms with Crippen LogP contribution in [0.2, 0.25) is 0 Å². The highest BCUT2D eigenvalue weighted by Gasteiger charge is 2.61. The zero-order chi connectivity index (χ0) is 15.2. The molecule has 0 unspecified atom stereocenters. The maximum absolute atomic E-state index is 13.3. The van der Waals surface area contributed by atoms with Crippen LogP contribution in [0.25, 0.3) is 0 Å². The first-order valence-corrected chi connectivity index (χ1v) is 6.23. The summed E-state index contributed by atoms with van der Waals surface area (Å²) < 4.78 is 61.1. The van der Waals surface area contributed by atoms with Gasteiger partial charge in [-0.1, -0.05) is 30.3 Å². The van der Waals surface area contributed by atoms with Crippen LogP contribution in [-0.2, 0) is 20.9 Å². The van der Waals surface area contributed by atoms with Crippen molar-refractivity contribution in [1.82, 2.24) is 0 Å². The minimum Gasteiger partial charge on any atom is -0.455 e. The van der Waals surface area contributed by atoms with E-state index in [1.165, 1.54) is 0 Å². The molecule has 0 N–H and O–H groups in total. The smallest absolute Gasteiger partial charge is 0.367 e. The monoisotopic (exact) mass is 358 g/mol. The van der Waals surface area contributed by atoms with Gasteiger partial charge >= 0.3 is 10.8 Å². The molecule has 0 radical (unpaired) electrons. The molecule has 0 fully saturated rings. The highest BCUT2D eigenvalue weighted by molar-refractivity contribution is 9.10. The molecule has 1 aromatic carbocycles. The Morgan fingerprint density at radius 2 is 1.80 bits per heavy atom. The van der Waals surface area contributed by atoms with E-state index in [4.69, 9.17) is 4.74 Å². The molecule has 1 rings (SSSR count). The minimum absolute atomic E-state index is 0.0660. The van der Waals surface area contributed by atoms with Gasteiger partial charge in [-0.05, 0) is 21.5 Å². The second kappa shape index (κ2) is 7.03. The standard InChI is InChI=1S/C12H11BrF4O3/c13-12(16,17)11(14,15)10(20-8-18)7-19-6-9-4-2-1-3-5-9/h1-5,8,10H,6-7H2/t10-/m1/s1. The van der Waals surface area contributed by atoms with E-state index in [1.54, 1.807) is 46.3 Å². The van der Waals surface area contributed by atoms with Crippen LogP contribution < -0.4 is 0 Å². The summed E-state index contributed by atoms with van der Waals surface area (Å²) in [5.74, 6) is -4.59. The highest BCUT2D eigenvalue weighted by Crippen LogP contribution is 2.42. The van der Waals surface area contributed by atoms with E-state index in [9.17, 15) is 22.4 Å². The van der Waals surface area contributed by atoms with Crippen LogP contribution in [0.15, 0.2) is 30.3 Å². The SMILES string of the molecule is O=CO[C@H](COCc1ccccc1)C(F)(F)C(F)(F)Br. The molecule has 0 saturated heterocycles. The first kappa shape index (κ1) is 16.9. The number of hydrogen-bond acceptors (Lipinski definition) is 3. The van der Waals surface area contributed by atoms with Crippen LogP contribution in [0.4, 0.5) is 17.6 Å². The van der Waals surface area contributed by atoms with Crippen molar-refractivity contribution in [3.8, 4) is 0 Å². The number of alkyl halides is 5. The van der Waals surface area contributed by atoms with Gasteiger partial charge in [0.2, 0.25) is 0 Å². The van der Waals surface area contributed by atoms with E-state index in [0.29, 0.717) is 5.56 Å². The zero-order valence-corrected chi connectivity index (χ0v) is 11.7. The fourth-order valence-electron chi connectivity index (χ4n) is 1.34. The van der Waals surface area contributed by atoms with Crippen LogP contribution in [-0.4, -0.2) is 29.9 Å². The summed E-state index contributed by atoms with van der Waals surface area (Å²) in [6.07, 6.45) is -2.39. The molecule has 0 amide bonds. The molecule has 0 aliphatic carbocycles. The lowest BCUT2D eigenvalue weighted by Gasteiger charge is -2.28. The molecule has 0 heterocycles. The first-order valence-electron chi connectivity index (χ1n) is 5.44. The lowest BCUT2D eigenvalue weighted by Crippen LogP contribution is -2.49. The Labute approximate surface area is 121 Å². The average Bonchev–Trinajstić information content (AvgIpc) is 2.37. The van der Waals surface area contributed by atoms with Gasteiger partial charge in [-0.15, -0.1) is 0 Å². The summed E-state index contributed by atoms with van der Waals surface area (Å²) in [7, 11) is 0. The summed E-state index contributed by atoms with van der Waals surface area (Å²) in [6.45, 7) is -1.24. The molecule has 0 aliphatic heterocycles. The summed E-state index contributed by atoms with van der Waals surface area (Å²) >= 11 is 1.57. The molecular weight excluding hydrogens is 348 g/mol. The number of ether oxygens (including phenoxy) is 2. The second-order valence-corrected chi connectivity index (χ2v) is 4.84. The van der Waals surface area contributed by atoms with Gasteiger partial charge in [0, 0.05) is 0 Å². The fourth-order valence-corrected chi connectivity index (χ4v) is 1.59. The van der Waals surface area contributed by atoms with Gasteiger partial charge in [-0.3, -0.25) is 4.79 Å². The van der Waals surface area contributed by atoms with Crippen LogP contribution >= 0.6 is 15.9 Å². The van der Waals surface area contributed by atoms with E-state index in [0.717, 1.165) is 0 Å². The van der Waals surface area contributed by atoms with Crippen molar-refractivity contribution in [3.05, 3.63) is 35.9 Å². The molecule has 3 nitrogen and oxygen atoms in total. The number of carbonyl (C=O) groups excluding carboxylic acids is 1. The van der Waals surface area contributed by atoms with Crippen molar-refractivity contribution in [2.24, 2.45) is 0 Å². The Kier molecular flexibility index (Phi) is 5.94. The third-order valence-corrected chi connectivity index (χ3v) is 2.91. The second-order valence-electron chi connectivity index (χ2n) is 3.84. The van der Waals surface area contributed by atoms with E-state index < -0.39 is 23.5 Å². The van der Waals surface area contributed by atoms with Gasteiger partial charge in [0.15, 0.2) is 6.10 Å². The number of hydrogen-bond donors (Lipinski definition) is 0. The summed E-state index contributed by atoms with van der Waals surface area (Å²) in [5, 5.41) is 0. The predicted octanol–water partition coefficient (Wildman–Crippen LogP) is 3.37. The molecule has 1 atom stereocenters. The highest BCUT2D eigenvalue weighted by atomic mass is 79.9. The lowest BCUT2D eigenvalue weighted by atomic mass is 10.2. The Bertz CT molecular complexity index is 422. The van der Waals surface area contributed by atoms with E-state index in [-0.39, 0.29) is 13.1 Å². The van der Waals surface area contributed by atoms with Crippen molar-refractivity contribution in [3.63, 3.8) is 0 Å². The van der Waals surface area contributed by atoms with Gasteiger partial charge in [-0.25, -0.2) is 0 Å². The van der Waals surface area contributed by atoms with Crippen molar-refractivity contribution < 1.29 is 31.8 Å². The molecule has 112 valence electrons. The van der Waals surface area contributed by atoms with Crippen LogP contribution in [0, 0.1) is 0 Å². The Morgan fingerprint density at radius 1 is 1.20 bits per heavy atom. The lowest BCUT2D eigenvalue weighted by molar-refractivity contribution is -0.225. The number of halogens is 5. The van der Waals surface area contributed by atoms with Gasteiger partial charge in [0.05, 0.1) is 13.2 Å².